The zero-order valence-corrected chi connectivity index (χ0v) is 24.1. The minimum atomic E-state index is -0.411. The van der Waals surface area contributed by atoms with E-state index in [0.29, 0.717) is 16.3 Å². The van der Waals surface area contributed by atoms with Crippen molar-refractivity contribution in [3.63, 3.8) is 0 Å². The average molecular weight is 636 g/mol. The highest BCUT2D eigenvalue weighted by molar-refractivity contribution is 9.10. The summed E-state index contributed by atoms with van der Waals surface area (Å²) < 4.78 is 11.9. The average Bonchev–Trinajstić information content (AvgIpc) is 3.13. The van der Waals surface area contributed by atoms with Crippen LogP contribution in [0.2, 0.25) is 10.0 Å². The van der Waals surface area contributed by atoms with Crippen LogP contribution in [0.1, 0.15) is 16.7 Å². The SMILES string of the molecule is COc1cc(/C=C2\SC(=O)N(Cc3ccccc3Br)C2=O)cc(Cl)c1OCC(=O)Nc1ccc(C)c(Cl)c1. The highest BCUT2D eigenvalue weighted by Crippen LogP contribution is 2.39. The van der Waals surface area contributed by atoms with Crippen LogP contribution in [0.15, 0.2) is 64.0 Å². The van der Waals surface area contributed by atoms with Crippen LogP contribution >= 0.6 is 50.9 Å². The molecule has 3 amide bonds. The Morgan fingerprint density at radius 1 is 1.11 bits per heavy atom. The first kappa shape index (κ1) is 28.0. The molecule has 1 fully saturated rings. The summed E-state index contributed by atoms with van der Waals surface area (Å²) in [6, 6.07) is 15.8. The van der Waals surface area contributed by atoms with Crippen LogP contribution in [0.25, 0.3) is 6.08 Å². The molecule has 0 aromatic heterocycles. The van der Waals surface area contributed by atoms with Gasteiger partial charge in [-0.25, -0.2) is 0 Å². The molecule has 3 aromatic carbocycles. The lowest BCUT2D eigenvalue weighted by atomic mass is 10.1. The Hall–Kier alpha value is -2.98. The molecule has 196 valence electrons. The molecule has 1 N–H and O–H groups in total. The van der Waals surface area contributed by atoms with Crippen molar-refractivity contribution in [1.82, 2.24) is 4.90 Å². The van der Waals surface area contributed by atoms with Crippen LogP contribution < -0.4 is 14.8 Å². The van der Waals surface area contributed by atoms with Crippen LogP contribution in [-0.2, 0) is 16.1 Å². The number of carbonyl (C=O) groups is 3. The van der Waals surface area contributed by atoms with Gasteiger partial charge < -0.3 is 14.8 Å². The van der Waals surface area contributed by atoms with Gasteiger partial charge in [-0.3, -0.25) is 19.3 Å². The lowest BCUT2D eigenvalue weighted by molar-refractivity contribution is -0.123. The second kappa shape index (κ2) is 12.3. The van der Waals surface area contributed by atoms with Crippen molar-refractivity contribution in [3.8, 4) is 11.5 Å². The number of anilines is 1. The third kappa shape index (κ3) is 6.53. The summed E-state index contributed by atoms with van der Waals surface area (Å²) in [5.74, 6) is -0.377. The van der Waals surface area contributed by atoms with Crippen molar-refractivity contribution < 1.29 is 23.9 Å². The van der Waals surface area contributed by atoms with Gasteiger partial charge in [0, 0.05) is 15.2 Å². The van der Waals surface area contributed by atoms with Crippen LogP contribution in [0, 0.1) is 6.92 Å². The topological polar surface area (TPSA) is 84.9 Å². The third-order valence-corrected chi connectivity index (χ3v) is 7.88. The maximum absolute atomic E-state index is 13.0. The molecule has 7 nitrogen and oxygen atoms in total. The molecule has 0 unspecified atom stereocenters. The van der Waals surface area contributed by atoms with Gasteiger partial charge in [-0.2, -0.15) is 0 Å². The molecule has 3 aromatic rings. The molecule has 0 atom stereocenters. The molecule has 1 aliphatic rings. The van der Waals surface area contributed by atoms with E-state index in [2.05, 4.69) is 21.2 Å². The zero-order chi connectivity index (χ0) is 27.4. The molecule has 0 saturated carbocycles. The lowest BCUT2D eigenvalue weighted by Crippen LogP contribution is -2.27. The van der Waals surface area contributed by atoms with E-state index in [4.69, 9.17) is 32.7 Å². The number of hydrogen-bond acceptors (Lipinski definition) is 6. The molecular formula is C27H21BrCl2N2O5S. The molecular weight excluding hydrogens is 615 g/mol. The Morgan fingerprint density at radius 3 is 2.58 bits per heavy atom. The van der Waals surface area contributed by atoms with E-state index in [9.17, 15) is 14.4 Å². The van der Waals surface area contributed by atoms with E-state index in [1.165, 1.54) is 12.0 Å². The minimum absolute atomic E-state index is 0.150. The maximum Gasteiger partial charge on any atom is 0.293 e. The van der Waals surface area contributed by atoms with Gasteiger partial charge in [0.1, 0.15) is 0 Å². The second-order valence-corrected chi connectivity index (χ2v) is 10.9. The maximum atomic E-state index is 13.0. The van der Waals surface area contributed by atoms with Gasteiger partial charge >= 0.3 is 0 Å². The van der Waals surface area contributed by atoms with Gasteiger partial charge in [0.25, 0.3) is 17.1 Å². The van der Waals surface area contributed by atoms with Crippen molar-refractivity contribution in [1.29, 1.82) is 0 Å². The first-order chi connectivity index (χ1) is 18.2. The van der Waals surface area contributed by atoms with Crippen molar-refractivity contribution >= 4 is 79.7 Å². The molecule has 1 saturated heterocycles. The van der Waals surface area contributed by atoms with Gasteiger partial charge in [0.05, 0.1) is 23.6 Å². The largest absolute Gasteiger partial charge is 0.493 e. The van der Waals surface area contributed by atoms with Crippen LogP contribution in [-0.4, -0.2) is 35.7 Å². The Balaban J connectivity index is 1.47. The number of halogens is 3. The predicted octanol–water partition coefficient (Wildman–Crippen LogP) is 7.33. The minimum Gasteiger partial charge on any atom is -0.493 e. The molecule has 11 heteroatoms. The molecule has 0 aliphatic carbocycles. The van der Waals surface area contributed by atoms with E-state index >= 15 is 0 Å². The van der Waals surface area contributed by atoms with Crippen molar-refractivity contribution in [2.45, 2.75) is 13.5 Å². The molecule has 0 bridgehead atoms. The Labute approximate surface area is 242 Å². The lowest BCUT2D eigenvalue weighted by Gasteiger charge is -2.14. The van der Waals surface area contributed by atoms with Crippen molar-refractivity contribution in [3.05, 3.63) is 90.7 Å². The number of aryl methyl sites for hydroxylation is 1. The summed E-state index contributed by atoms with van der Waals surface area (Å²) in [6.07, 6.45) is 1.57. The fourth-order valence-corrected chi connectivity index (χ4v) is 5.26. The van der Waals surface area contributed by atoms with Crippen molar-refractivity contribution in [2.75, 3.05) is 19.0 Å². The number of nitrogens with one attached hydrogen (secondary N) is 1. The third-order valence-electron chi connectivity index (χ3n) is 5.51. The van der Waals surface area contributed by atoms with E-state index < -0.39 is 11.8 Å². The molecule has 1 aliphatic heterocycles. The molecule has 0 radical (unpaired) electrons. The number of hydrogen-bond donors (Lipinski definition) is 1. The zero-order valence-electron chi connectivity index (χ0n) is 20.2. The normalized spacial score (nSPS) is 14.2. The smallest absolute Gasteiger partial charge is 0.293 e. The fraction of sp³-hybridized carbons (Fsp3) is 0.148. The van der Waals surface area contributed by atoms with Gasteiger partial charge in [0.15, 0.2) is 18.1 Å². The molecule has 1 heterocycles. The van der Waals surface area contributed by atoms with E-state index in [1.807, 2.05) is 31.2 Å². The summed E-state index contributed by atoms with van der Waals surface area (Å²) in [6.45, 7) is 1.69. The second-order valence-electron chi connectivity index (χ2n) is 8.19. The first-order valence-electron chi connectivity index (χ1n) is 11.2. The fourth-order valence-electron chi connectivity index (χ4n) is 3.55. The number of ether oxygens (including phenoxy) is 2. The molecule has 4 rings (SSSR count). The summed E-state index contributed by atoms with van der Waals surface area (Å²) in [5.41, 5.74) is 2.78. The summed E-state index contributed by atoms with van der Waals surface area (Å²) >= 11 is 16.8. The van der Waals surface area contributed by atoms with Gasteiger partial charge in [-0.15, -0.1) is 0 Å². The molecule has 38 heavy (non-hydrogen) atoms. The van der Waals surface area contributed by atoms with E-state index in [1.54, 1.807) is 36.4 Å². The van der Waals surface area contributed by atoms with E-state index in [0.717, 1.165) is 27.4 Å². The van der Waals surface area contributed by atoms with Crippen LogP contribution in [0.3, 0.4) is 0 Å². The number of carbonyl (C=O) groups excluding carboxylic acids is 3. The number of thioether (sulfide) groups is 1. The number of imide groups is 1. The monoisotopic (exact) mass is 634 g/mol. The standard InChI is InChI=1S/C27H21BrCl2N2O5S/c1-15-7-8-18(12-20(15)29)31-24(33)14-37-25-21(30)9-16(10-22(25)36-2)11-23-26(34)32(27(35)38-23)13-17-5-3-4-6-19(17)28/h3-12H,13-14H2,1-2H3,(H,31,33)/b23-11-. The highest BCUT2D eigenvalue weighted by atomic mass is 79.9. The Morgan fingerprint density at radius 2 is 1.87 bits per heavy atom. The number of nitrogens with zero attached hydrogens (tertiary/aromatic N) is 1. The Kier molecular flexibility index (Phi) is 9.04. The summed E-state index contributed by atoms with van der Waals surface area (Å²) in [5, 5.41) is 3.06. The number of benzene rings is 3. The number of rotatable bonds is 8. The number of amides is 3. The van der Waals surface area contributed by atoms with Gasteiger partial charge in [0.2, 0.25) is 0 Å². The van der Waals surface area contributed by atoms with E-state index in [-0.39, 0.29) is 39.8 Å². The van der Waals surface area contributed by atoms with Crippen LogP contribution in [0.4, 0.5) is 10.5 Å². The predicted molar refractivity (Wildman–Crippen MR) is 154 cm³/mol. The van der Waals surface area contributed by atoms with Gasteiger partial charge in [-0.1, -0.05) is 63.4 Å². The van der Waals surface area contributed by atoms with Gasteiger partial charge in [-0.05, 0) is 71.8 Å². The quantitative estimate of drug-likeness (QED) is 0.261. The highest BCUT2D eigenvalue weighted by Gasteiger charge is 2.35. The Bertz CT molecular complexity index is 1460. The molecule has 0 spiro atoms. The summed E-state index contributed by atoms with van der Waals surface area (Å²) in [7, 11) is 1.43. The number of methoxy groups -OCH3 is 1. The summed E-state index contributed by atoms with van der Waals surface area (Å²) in [4.78, 5) is 39.4. The first-order valence-corrected chi connectivity index (χ1v) is 13.6. The van der Waals surface area contributed by atoms with Crippen molar-refractivity contribution in [2.24, 2.45) is 0 Å². The van der Waals surface area contributed by atoms with Crippen LogP contribution in [0.5, 0.6) is 11.5 Å².